The molecule has 0 aromatic carbocycles. The Hall–Kier alpha value is -1.03. The summed E-state index contributed by atoms with van der Waals surface area (Å²) >= 11 is 0. The Morgan fingerprint density at radius 1 is 1.09 bits per heavy atom. The van der Waals surface area contributed by atoms with Gasteiger partial charge in [0.05, 0.1) is 0 Å². The van der Waals surface area contributed by atoms with Crippen LogP contribution >= 0.6 is 0 Å². The number of urea groups is 1. The number of nitrogens with zero attached hydrogens (tertiary/aromatic N) is 2. The number of piperazine rings is 1. The number of hydrogen-bond acceptors (Lipinski definition) is 2. The molecule has 2 amide bonds. The van der Waals surface area contributed by atoms with Gasteiger partial charge in [0.2, 0.25) is 0 Å². The van der Waals surface area contributed by atoms with Crippen LogP contribution in [0, 0.1) is 0 Å². The molecule has 0 bridgehead atoms. The minimum absolute atomic E-state index is 0.141. The molecule has 22 heavy (non-hydrogen) atoms. The quantitative estimate of drug-likeness (QED) is 0.810. The summed E-state index contributed by atoms with van der Waals surface area (Å²) in [5.74, 6) is 0. The van der Waals surface area contributed by atoms with E-state index in [2.05, 4.69) is 16.3 Å². The van der Waals surface area contributed by atoms with Crippen LogP contribution < -0.4 is 5.32 Å². The van der Waals surface area contributed by atoms with Gasteiger partial charge in [-0.2, -0.15) is 0 Å². The number of allylic oxidation sites excluding steroid dienone is 1. The molecule has 2 aliphatic carbocycles. The second-order valence-electron chi connectivity index (χ2n) is 7.05. The van der Waals surface area contributed by atoms with Crippen molar-refractivity contribution >= 4 is 6.03 Å². The van der Waals surface area contributed by atoms with E-state index in [1.807, 2.05) is 4.90 Å². The third-order valence-electron chi connectivity index (χ3n) is 5.55. The van der Waals surface area contributed by atoms with Crippen molar-refractivity contribution in [3.05, 3.63) is 11.6 Å². The summed E-state index contributed by atoms with van der Waals surface area (Å²) in [6.07, 6.45) is 14.0. The molecule has 4 nitrogen and oxygen atoms in total. The monoisotopic (exact) mass is 305 g/mol. The molecule has 2 fully saturated rings. The van der Waals surface area contributed by atoms with E-state index in [1.54, 1.807) is 0 Å². The molecule has 1 heterocycles. The molecular weight excluding hydrogens is 274 g/mol. The highest BCUT2D eigenvalue weighted by Gasteiger charge is 2.27. The molecule has 0 unspecified atom stereocenters. The zero-order valence-corrected chi connectivity index (χ0v) is 13.9. The van der Waals surface area contributed by atoms with Crippen molar-refractivity contribution in [3.8, 4) is 0 Å². The summed E-state index contributed by atoms with van der Waals surface area (Å²) in [6.45, 7) is 4.70. The van der Waals surface area contributed by atoms with Gasteiger partial charge in [0.25, 0.3) is 0 Å². The molecule has 0 aromatic rings. The topological polar surface area (TPSA) is 35.6 Å². The molecule has 3 rings (SSSR count). The molecule has 1 N–H and O–H groups in total. The first kappa shape index (κ1) is 15.9. The fourth-order valence-corrected chi connectivity index (χ4v) is 4.13. The fourth-order valence-electron chi connectivity index (χ4n) is 4.13. The Balaban J connectivity index is 1.34. The summed E-state index contributed by atoms with van der Waals surface area (Å²) in [7, 11) is 0. The first-order valence-corrected chi connectivity index (χ1v) is 9.27. The fraction of sp³-hybridized carbons (Fsp3) is 0.833. The molecule has 1 saturated heterocycles. The van der Waals surface area contributed by atoms with E-state index in [1.165, 1.54) is 56.9 Å². The molecule has 0 atom stereocenters. The van der Waals surface area contributed by atoms with E-state index in [0.29, 0.717) is 0 Å². The first-order chi connectivity index (χ1) is 10.8. The van der Waals surface area contributed by atoms with Crippen LogP contribution in [0.4, 0.5) is 4.79 Å². The van der Waals surface area contributed by atoms with Gasteiger partial charge in [0.1, 0.15) is 0 Å². The molecule has 3 aliphatic rings. The van der Waals surface area contributed by atoms with E-state index in [4.69, 9.17) is 0 Å². The SMILES string of the molecule is O=C(NCCC1=CCCCC1)N1CCN(C2CCCC2)CC1. The van der Waals surface area contributed by atoms with Gasteiger partial charge in [-0.1, -0.05) is 24.5 Å². The van der Waals surface area contributed by atoms with Crippen LogP contribution in [-0.2, 0) is 0 Å². The molecule has 4 heteroatoms. The van der Waals surface area contributed by atoms with Crippen LogP contribution in [0.1, 0.15) is 57.8 Å². The van der Waals surface area contributed by atoms with Gasteiger partial charge >= 0.3 is 6.03 Å². The average Bonchev–Trinajstić information content (AvgIpc) is 3.10. The minimum Gasteiger partial charge on any atom is -0.338 e. The van der Waals surface area contributed by atoms with Crippen LogP contribution in [0.25, 0.3) is 0 Å². The second-order valence-corrected chi connectivity index (χ2v) is 7.05. The lowest BCUT2D eigenvalue weighted by Crippen LogP contribution is -2.53. The Labute approximate surface area is 134 Å². The molecule has 124 valence electrons. The van der Waals surface area contributed by atoms with Crippen molar-refractivity contribution in [1.82, 2.24) is 15.1 Å². The minimum atomic E-state index is 0.141. The van der Waals surface area contributed by atoms with Gasteiger partial charge in [0.15, 0.2) is 0 Å². The summed E-state index contributed by atoms with van der Waals surface area (Å²) < 4.78 is 0. The summed E-state index contributed by atoms with van der Waals surface area (Å²) in [5, 5.41) is 3.11. The van der Waals surface area contributed by atoms with Crippen LogP contribution in [0.2, 0.25) is 0 Å². The van der Waals surface area contributed by atoms with Crippen molar-refractivity contribution < 1.29 is 4.79 Å². The number of carbonyl (C=O) groups is 1. The molecule has 0 radical (unpaired) electrons. The van der Waals surface area contributed by atoms with E-state index in [0.717, 1.165) is 45.2 Å². The number of hydrogen-bond donors (Lipinski definition) is 1. The molecule has 0 aromatic heterocycles. The highest BCUT2D eigenvalue weighted by Crippen LogP contribution is 2.24. The van der Waals surface area contributed by atoms with Gasteiger partial charge in [-0.25, -0.2) is 4.79 Å². The Morgan fingerprint density at radius 2 is 1.86 bits per heavy atom. The highest BCUT2D eigenvalue weighted by molar-refractivity contribution is 5.74. The van der Waals surface area contributed by atoms with Gasteiger partial charge in [-0.05, 0) is 44.9 Å². The van der Waals surface area contributed by atoms with Crippen LogP contribution in [0.15, 0.2) is 11.6 Å². The van der Waals surface area contributed by atoms with Gasteiger partial charge in [0, 0.05) is 38.8 Å². The number of rotatable bonds is 4. The maximum Gasteiger partial charge on any atom is 0.317 e. The summed E-state index contributed by atoms with van der Waals surface area (Å²) in [4.78, 5) is 16.8. The molecule has 1 saturated carbocycles. The Morgan fingerprint density at radius 3 is 2.55 bits per heavy atom. The van der Waals surface area contributed by atoms with Crippen molar-refractivity contribution in [3.63, 3.8) is 0 Å². The zero-order valence-electron chi connectivity index (χ0n) is 13.9. The normalized spacial score (nSPS) is 24.4. The van der Waals surface area contributed by atoms with Crippen molar-refractivity contribution in [2.75, 3.05) is 32.7 Å². The maximum absolute atomic E-state index is 12.2. The summed E-state index contributed by atoms with van der Waals surface area (Å²) in [6, 6.07) is 0.936. The predicted octanol–water partition coefficient (Wildman–Crippen LogP) is 3.15. The van der Waals surface area contributed by atoms with Crippen molar-refractivity contribution in [2.24, 2.45) is 0 Å². The van der Waals surface area contributed by atoms with Crippen molar-refractivity contribution in [1.29, 1.82) is 0 Å². The maximum atomic E-state index is 12.2. The first-order valence-electron chi connectivity index (χ1n) is 9.27. The largest absolute Gasteiger partial charge is 0.338 e. The van der Waals surface area contributed by atoms with E-state index >= 15 is 0 Å². The van der Waals surface area contributed by atoms with Crippen molar-refractivity contribution in [2.45, 2.75) is 63.8 Å². The van der Waals surface area contributed by atoms with Crippen LogP contribution in [0.5, 0.6) is 0 Å². The Bertz CT molecular complexity index is 393. The van der Waals surface area contributed by atoms with Crippen LogP contribution in [0.3, 0.4) is 0 Å². The third kappa shape index (κ3) is 4.25. The van der Waals surface area contributed by atoms with Gasteiger partial charge in [-0.3, -0.25) is 4.90 Å². The number of carbonyl (C=O) groups excluding carboxylic acids is 1. The van der Waals surface area contributed by atoms with E-state index in [-0.39, 0.29) is 6.03 Å². The lowest BCUT2D eigenvalue weighted by atomic mass is 9.97. The standard InChI is InChI=1S/C18H31N3O/c22-18(19-11-10-16-6-2-1-3-7-16)21-14-12-20(13-15-21)17-8-4-5-9-17/h6,17H,1-5,7-15H2,(H,19,22). The average molecular weight is 305 g/mol. The van der Waals surface area contributed by atoms with Crippen LogP contribution in [-0.4, -0.2) is 54.6 Å². The van der Waals surface area contributed by atoms with E-state index < -0.39 is 0 Å². The zero-order chi connectivity index (χ0) is 15.2. The number of amides is 2. The van der Waals surface area contributed by atoms with E-state index in [9.17, 15) is 4.79 Å². The number of nitrogens with one attached hydrogen (secondary N) is 1. The lowest BCUT2D eigenvalue weighted by Gasteiger charge is -2.38. The lowest BCUT2D eigenvalue weighted by molar-refractivity contribution is 0.110. The third-order valence-corrected chi connectivity index (χ3v) is 5.55. The molecule has 1 aliphatic heterocycles. The smallest absolute Gasteiger partial charge is 0.317 e. The highest BCUT2D eigenvalue weighted by atomic mass is 16.2. The van der Waals surface area contributed by atoms with Gasteiger partial charge in [-0.15, -0.1) is 0 Å². The molecular formula is C18H31N3O. The van der Waals surface area contributed by atoms with Gasteiger partial charge < -0.3 is 10.2 Å². The predicted molar refractivity (Wildman–Crippen MR) is 90.0 cm³/mol. The molecule has 0 spiro atoms. The summed E-state index contributed by atoms with van der Waals surface area (Å²) in [5.41, 5.74) is 1.54. The Kier molecular flexibility index (Phi) is 5.76. The second kappa shape index (κ2) is 8.00.